The van der Waals surface area contributed by atoms with Gasteiger partial charge in [0.15, 0.2) is 5.82 Å². The number of hydrogen-bond donors (Lipinski definition) is 1. The monoisotopic (exact) mass is 288 g/mol. The van der Waals surface area contributed by atoms with E-state index in [1.807, 2.05) is 6.07 Å². The zero-order valence-electron chi connectivity index (χ0n) is 13.9. The van der Waals surface area contributed by atoms with E-state index in [1.54, 1.807) is 0 Å². The first kappa shape index (κ1) is 15.8. The highest BCUT2D eigenvalue weighted by molar-refractivity contribution is 5.56. The van der Waals surface area contributed by atoms with Crippen molar-refractivity contribution in [3.8, 4) is 0 Å². The van der Waals surface area contributed by atoms with E-state index in [9.17, 15) is 0 Å². The van der Waals surface area contributed by atoms with Crippen molar-refractivity contribution in [2.45, 2.75) is 47.2 Å². The van der Waals surface area contributed by atoms with Crippen molar-refractivity contribution in [3.05, 3.63) is 30.1 Å². The number of anilines is 1. The minimum absolute atomic E-state index is 0.465. The van der Waals surface area contributed by atoms with Gasteiger partial charge >= 0.3 is 0 Å². The Balaban J connectivity index is 2.42. The lowest BCUT2D eigenvalue weighted by Crippen LogP contribution is -2.30. The van der Waals surface area contributed by atoms with E-state index < -0.39 is 0 Å². The molecule has 0 fully saturated rings. The van der Waals surface area contributed by atoms with Crippen molar-refractivity contribution in [2.24, 2.45) is 5.92 Å². The van der Waals surface area contributed by atoms with Crippen molar-refractivity contribution in [1.82, 2.24) is 14.7 Å². The van der Waals surface area contributed by atoms with Gasteiger partial charge in [0.25, 0.3) is 0 Å². The van der Waals surface area contributed by atoms with E-state index in [0.29, 0.717) is 12.0 Å². The van der Waals surface area contributed by atoms with Gasteiger partial charge in [0.1, 0.15) is 5.65 Å². The third-order valence-electron chi connectivity index (χ3n) is 3.55. The Bertz CT molecular complexity index is 571. The quantitative estimate of drug-likeness (QED) is 0.848. The Kier molecular flexibility index (Phi) is 5.23. The van der Waals surface area contributed by atoms with Crippen LogP contribution in [0.3, 0.4) is 0 Å². The van der Waals surface area contributed by atoms with Gasteiger partial charge in [-0.2, -0.15) is 0 Å². The van der Waals surface area contributed by atoms with Crippen LogP contribution in [0, 0.1) is 5.92 Å². The Labute approximate surface area is 128 Å². The molecule has 0 radical (unpaired) electrons. The van der Waals surface area contributed by atoms with Gasteiger partial charge in [0, 0.05) is 31.9 Å². The average molecular weight is 288 g/mol. The standard InChI is InChI=1S/C17H28N4/c1-6-20(12-13(2)3)17-15(11-18-14(4)5)21-10-8-7-9-16(21)19-17/h7-10,13-14,18H,6,11-12H2,1-5H3. The molecule has 1 N–H and O–H groups in total. The normalized spacial score (nSPS) is 11.8. The second-order valence-corrected chi connectivity index (χ2v) is 6.28. The lowest BCUT2D eigenvalue weighted by Gasteiger charge is -2.24. The van der Waals surface area contributed by atoms with Crippen molar-refractivity contribution in [1.29, 1.82) is 0 Å². The Morgan fingerprint density at radius 2 is 2.00 bits per heavy atom. The molecule has 0 aliphatic rings. The molecule has 0 aromatic carbocycles. The number of fused-ring (bicyclic) bond motifs is 1. The number of imidazole rings is 1. The minimum atomic E-state index is 0.465. The zero-order valence-corrected chi connectivity index (χ0v) is 13.9. The summed E-state index contributed by atoms with van der Waals surface area (Å²) in [4.78, 5) is 7.25. The lowest BCUT2D eigenvalue weighted by molar-refractivity contribution is 0.573. The van der Waals surface area contributed by atoms with Gasteiger partial charge in [-0.1, -0.05) is 33.8 Å². The molecule has 2 heterocycles. The number of pyridine rings is 1. The zero-order chi connectivity index (χ0) is 15.4. The first-order valence-electron chi connectivity index (χ1n) is 7.97. The summed E-state index contributed by atoms with van der Waals surface area (Å²) in [5.74, 6) is 1.74. The molecule has 0 amide bonds. The molecule has 0 aliphatic heterocycles. The van der Waals surface area contributed by atoms with Crippen LogP contribution in [0.25, 0.3) is 5.65 Å². The van der Waals surface area contributed by atoms with E-state index in [0.717, 1.165) is 31.1 Å². The molecule has 4 nitrogen and oxygen atoms in total. The summed E-state index contributed by atoms with van der Waals surface area (Å²) in [6, 6.07) is 6.65. The van der Waals surface area contributed by atoms with Crippen molar-refractivity contribution in [3.63, 3.8) is 0 Å². The highest BCUT2D eigenvalue weighted by Gasteiger charge is 2.17. The van der Waals surface area contributed by atoms with Gasteiger partial charge in [-0.3, -0.25) is 0 Å². The van der Waals surface area contributed by atoms with Crippen LogP contribution < -0.4 is 10.2 Å². The lowest BCUT2D eigenvalue weighted by atomic mass is 10.2. The molecule has 2 aromatic rings. The Hall–Kier alpha value is -1.55. The second-order valence-electron chi connectivity index (χ2n) is 6.28. The van der Waals surface area contributed by atoms with E-state index in [-0.39, 0.29) is 0 Å². The summed E-state index contributed by atoms with van der Waals surface area (Å²) < 4.78 is 2.20. The van der Waals surface area contributed by atoms with Crippen LogP contribution >= 0.6 is 0 Å². The van der Waals surface area contributed by atoms with Gasteiger partial charge in [0.2, 0.25) is 0 Å². The second kappa shape index (κ2) is 6.94. The molecule has 2 rings (SSSR count). The van der Waals surface area contributed by atoms with Gasteiger partial charge in [-0.15, -0.1) is 0 Å². The molecule has 2 aromatic heterocycles. The number of rotatable bonds is 7. The molecule has 116 valence electrons. The third-order valence-corrected chi connectivity index (χ3v) is 3.55. The first-order chi connectivity index (χ1) is 10.0. The Morgan fingerprint density at radius 1 is 1.24 bits per heavy atom. The van der Waals surface area contributed by atoms with Crippen LogP contribution in [0.1, 0.15) is 40.3 Å². The highest BCUT2D eigenvalue weighted by Crippen LogP contribution is 2.22. The van der Waals surface area contributed by atoms with E-state index in [2.05, 4.69) is 67.6 Å². The van der Waals surface area contributed by atoms with Gasteiger partial charge in [-0.25, -0.2) is 4.98 Å². The predicted molar refractivity (Wildman–Crippen MR) is 89.9 cm³/mol. The molecule has 0 atom stereocenters. The molecular formula is C17H28N4. The molecule has 0 unspecified atom stereocenters. The largest absolute Gasteiger partial charge is 0.355 e. The summed E-state index contributed by atoms with van der Waals surface area (Å²) in [5, 5.41) is 3.53. The number of aromatic nitrogens is 2. The van der Waals surface area contributed by atoms with Crippen LogP contribution in [-0.4, -0.2) is 28.5 Å². The molecule has 0 spiro atoms. The summed E-state index contributed by atoms with van der Waals surface area (Å²) in [7, 11) is 0. The SMILES string of the molecule is CCN(CC(C)C)c1nc2ccccn2c1CNC(C)C. The molecule has 0 saturated carbocycles. The first-order valence-corrected chi connectivity index (χ1v) is 7.97. The number of nitrogens with zero attached hydrogens (tertiary/aromatic N) is 3. The molecule has 0 saturated heterocycles. The summed E-state index contributed by atoms with van der Waals surface area (Å²) >= 11 is 0. The van der Waals surface area contributed by atoms with Crippen LogP contribution in [0.5, 0.6) is 0 Å². The van der Waals surface area contributed by atoms with E-state index in [4.69, 9.17) is 4.98 Å². The summed E-state index contributed by atoms with van der Waals surface area (Å²) in [6.07, 6.45) is 2.10. The predicted octanol–water partition coefficient (Wildman–Crippen LogP) is 3.31. The molecular weight excluding hydrogens is 260 g/mol. The maximum atomic E-state index is 4.86. The molecule has 4 heteroatoms. The van der Waals surface area contributed by atoms with Crippen LogP contribution in [-0.2, 0) is 6.54 Å². The van der Waals surface area contributed by atoms with E-state index >= 15 is 0 Å². The molecule has 0 aliphatic carbocycles. The summed E-state index contributed by atoms with van der Waals surface area (Å²) in [6.45, 7) is 13.9. The van der Waals surface area contributed by atoms with Crippen LogP contribution in [0.2, 0.25) is 0 Å². The molecule has 0 bridgehead atoms. The fourth-order valence-corrected chi connectivity index (χ4v) is 2.56. The van der Waals surface area contributed by atoms with Crippen molar-refractivity contribution in [2.75, 3.05) is 18.0 Å². The topological polar surface area (TPSA) is 32.6 Å². The molecule has 21 heavy (non-hydrogen) atoms. The average Bonchev–Trinajstić information content (AvgIpc) is 2.80. The summed E-state index contributed by atoms with van der Waals surface area (Å²) in [5.41, 5.74) is 2.28. The van der Waals surface area contributed by atoms with Crippen LogP contribution in [0.15, 0.2) is 24.4 Å². The van der Waals surface area contributed by atoms with E-state index in [1.165, 1.54) is 5.69 Å². The Morgan fingerprint density at radius 3 is 2.62 bits per heavy atom. The van der Waals surface area contributed by atoms with Gasteiger partial charge < -0.3 is 14.6 Å². The maximum absolute atomic E-state index is 4.86. The van der Waals surface area contributed by atoms with Gasteiger partial charge in [-0.05, 0) is 25.0 Å². The fraction of sp³-hybridized carbons (Fsp3) is 0.588. The van der Waals surface area contributed by atoms with Crippen molar-refractivity contribution < 1.29 is 0 Å². The van der Waals surface area contributed by atoms with Crippen LogP contribution in [0.4, 0.5) is 5.82 Å². The van der Waals surface area contributed by atoms with Crippen molar-refractivity contribution >= 4 is 11.5 Å². The number of nitrogens with one attached hydrogen (secondary N) is 1. The maximum Gasteiger partial charge on any atom is 0.152 e. The van der Waals surface area contributed by atoms with Gasteiger partial charge in [0.05, 0.1) is 5.69 Å². The smallest absolute Gasteiger partial charge is 0.152 e. The fourth-order valence-electron chi connectivity index (χ4n) is 2.56. The minimum Gasteiger partial charge on any atom is -0.355 e. The number of hydrogen-bond acceptors (Lipinski definition) is 3. The third kappa shape index (κ3) is 3.76. The highest BCUT2D eigenvalue weighted by atomic mass is 15.2.